The van der Waals surface area contributed by atoms with Gasteiger partial charge in [0.15, 0.2) is 5.78 Å². The molecule has 1 aliphatic carbocycles. The third kappa shape index (κ3) is 7.14. The molecule has 1 atom stereocenters. The fraction of sp³-hybridized carbons (Fsp3) is 0.524. The van der Waals surface area contributed by atoms with Crippen molar-refractivity contribution in [2.45, 2.75) is 83.2 Å². The van der Waals surface area contributed by atoms with Crippen LogP contribution in [0.2, 0.25) is 0 Å². The fourth-order valence-electron chi connectivity index (χ4n) is 9.52. The first kappa shape index (κ1) is 34.6. The van der Waals surface area contributed by atoms with Gasteiger partial charge in [-0.1, -0.05) is 30.3 Å². The molecular weight excluding hydrogens is 651 g/mol. The topological polar surface area (TPSA) is 104 Å². The highest BCUT2D eigenvalue weighted by Gasteiger charge is 2.36. The minimum Gasteiger partial charge on any atom is -0.343 e. The number of allylic oxidation sites excluding steroid dienone is 1. The Bertz CT molecular complexity index is 1890. The van der Waals surface area contributed by atoms with Crippen molar-refractivity contribution in [3.8, 4) is 0 Å². The maximum Gasteiger partial charge on any atom is 0.226 e. The van der Waals surface area contributed by atoms with Crippen molar-refractivity contribution in [2.75, 3.05) is 39.3 Å². The van der Waals surface area contributed by atoms with E-state index in [2.05, 4.69) is 51.3 Å². The zero-order chi connectivity index (χ0) is 35.8. The molecule has 0 saturated carbocycles. The first-order valence-electron chi connectivity index (χ1n) is 19.4. The third-order valence-corrected chi connectivity index (χ3v) is 12.6. The van der Waals surface area contributed by atoms with Gasteiger partial charge >= 0.3 is 0 Å². The van der Waals surface area contributed by atoms with Crippen molar-refractivity contribution >= 4 is 29.9 Å². The van der Waals surface area contributed by atoms with Crippen LogP contribution in [0.1, 0.15) is 90.1 Å². The van der Waals surface area contributed by atoms with Crippen LogP contribution in [-0.4, -0.2) is 98.6 Å². The van der Waals surface area contributed by atoms with Gasteiger partial charge in [0.1, 0.15) is 12.2 Å². The van der Waals surface area contributed by atoms with E-state index in [1.54, 1.807) is 6.33 Å². The number of hydrogen-bond donors (Lipinski definition) is 0. The summed E-state index contributed by atoms with van der Waals surface area (Å²) in [4.78, 5) is 52.5. The lowest BCUT2D eigenvalue weighted by molar-refractivity contribution is -0.143. The van der Waals surface area contributed by atoms with Crippen LogP contribution in [0.25, 0.3) is 6.08 Å². The summed E-state index contributed by atoms with van der Waals surface area (Å²) in [6.45, 7) is 7.60. The molecule has 272 valence electrons. The van der Waals surface area contributed by atoms with Gasteiger partial charge in [0.2, 0.25) is 11.8 Å². The number of fused-ring (bicyclic) bond motifs is 2. The predicted octanol–water partition coefficient (Wildman–Crippen LogP) is 4.92. The molecule has 2 aromatic carbocycles. The lowest BCUT2D eigenvalue weighted by Gasteiger charge is -2.42. The number of nitrogens with zero attached hydrogens (tertiary/aromatic N) is 7. The molecule has 0 spiro atoms. The summed E-state index contributed by atoms with van der Waals surface area (Å²) in [5.41, 5.74) is 7.81. The SMILES string of the molecule is Cc1cc(C[C@@H](CC(=O)N2CCC(C3=Cc4ccccc4CC3=O)CC2)C(=O)N2CCC(N3CCC(c4nncn4C)CC3)CC2)cc2c1CN=C2. The largest absolute Gasteiger partial charge is 0.343 e. The highest BCUT2D eigenvalue weighted by atomic mass is 16.2. The number of aliphatic imine (C=N–C) groups is 1. The Morgan fingerprint density at radius 3 is 2.37 bits per heavy atom. The minimum absolute atomic E-state index is 0.0474. The van der Waals surface area contributed by atoms with E-state index in [4.69, 9.17) is 0 Å². The Kier molecular flexibility index (Phi) is 9.92. The van der Waals surface area contributed by atoms with Crippen molar-refractivity contribution in [1.82, 2.24) is 29.5 Å². The molecule has 0 N–H and O–H groups in total. The normalized spacial score (nSPS) is 20.9. The van der Waals surface area contributed by atoms with Gasteiger partial charge in [-0.3, -0.25) is 19.4 Å². The average Bonchev–Trinajstić information content (AvgIpc) is 3.83. The minimum atomic E-state index is -0.418. The second kappa shape index (κ2) is 14.9. The molecule has 3 aromatic rings. The molecule has 5 heterocycles. The van der Waals surface area contributed by atoms with Crippen LogP contribution in [-0.2, 0) is 40.8 Å². The number of aryl methyl sites for hydroxylation is 2. The number of piperidine rings is 3. The molecule has 3 saturated heterocycles. The zero-order valence-electron chi connectivity index (χ0n) is 30.7. The molecule has 0 bridgehead atoms. The van der Waals surface area contributed by atoms with Crippen LogP contribution in [0.5, 0.6) is 0 Å². The Labute approximate surface area is 307 Å². The molecule has 2 amide bonds. The Morgan fingerprint density at radius 1 is 0.885 bits per heavy atom. The number of likely N-dealkylation sites (tertiary alicyclic amines) is 3. The van der Waals surface area contributed by atoms with Gasteiger partial charge in [0, 0.05) is 64.2 Å². The van der Waals surface area contributed by atoms with Gasteiger partial charge in [-0.15, -0.1) is 10.2 Å². The number of amides is 2. The van der Waals surface area contributed by atoms with Gasteiger partial charge in [-0.2, -0.15) is 0 Å². The molecule has 3 fully saturated rings. The fourth-order valence-corrected chi connectivity index (χ4v) is 9.52. The molecule has 10 nitrogen and oxygen atoms in total. The molecule has 1 aromatic heterocycles. The summed E-state index contributed by atoms with van der Waals surface area (Å²) in [5, 5.41) is 8.44. The molecular formula is C42H51N7O3. The zero-order valence-corrected chi connectivity index (χ0v) is 30.7. The van der Waals surface area contributed by atoms with Crippen molar-refractivity contribution in [2.24, 2.45) is 23.9 Å². The van der Waals surface area contributed by atoms with Gasteiger partial charge in [-0.05, 0) is 122 Å². The standard InChI is InChI=1S/C42H51N7O3/c1-28-19-29(21-35-25-43-26-38(28)35)20-34(24-40(51)48-15-7-30(8-16-48)37-22-32-5-3-4-6-33(32)23-39(37)50)42(52)49-17-11-36(12-18-49)47-13-9-31(10-14-47)41-45-44-27-46(41)2/h3-6,19,21-22,25,27,30-31,34,36H,7-18,20,23-24,26H2,1-2H3/t34-/m0/s1. The monoisotopic (exact) mass is 701 g/mol. The van der Waals surface area contributed by atoms with Crippen LogP contribution in [0, 0.1) is 18.8 Å². The quantitative estimate of drug-likeness (QED) is 0.331. The molecule has 10 heteroatoms. The highest BCUT2D eigenvalue weighted by molar-refractivity contribution is 6.04. The summed E-state index contributed by atoms with van der Waals surface area (Å²) < 4.78 is 2.04. The number of Topliss-reactive ketones (excluding diaryl/α,β-unsaturated/α-hetero) is 1. The Balaban J connectivity index is 0.907. The van der Waals surface area contributed by atoms with Crippen LogP contribution < -0.4 is 0 Å². The van der Waals surface area contributed by atoms with Crippen molar-refractivity contribution in [1.29, 1.82) is 0 Å². The summed E-state index contributed by atoms with van der Waals surface area (Å²) in [6.07, 6.45) is 12.6. The second-order valence-corrected chi connectivity index (χ2v) is 15.8. The molecule has 4 aliphatic heterocycles. The summed E-state index contributed by atoms with van der Waals surface area (Å²) in [5.74, 6) is 1.64. The number of rotatable bonds is 8. The van der Waals surface area contributed by atoms with E-state index in [9.17, 15) is 14.4 Å². The average molecular weight is 702 g/mol. The lowest BCUT2D eigenvalue weighted by Crippen LogP contribution is -2.50. The third-order valence-electron chi connectivity index (χ3n) is 12.6. The number of carbonyl (C=O) groups excluding carboxylic acids is 3. The van der Waals surface area contributed by atoms with Gasteiger partial charge < -0.3 is 19.3 Å². The van der Waals surface area contributed by atoms with Gasteiger partial charge in [0.25, 0.3) is 0 Å². The van der Waals surface area contributed by atoms with E-state index in [-0.39, 0.29) is 29.9 Å². The lowest BCUT2D eigenvalue weighted by atomic mass is 9.80. The van der Waals surface area contributed by atoms with Crippen molar-refractivity contribution in [3.05, 3.63) is 87.5 Å². The van der Waals surface area contributed by atoms with E-state index in [1.807, 2.05) is 45.8 Å². The van der Waals surface area contributed by atoms with E-state index in [1.165, 1.54) is 11.1 Å². The summed E-state index contributed by atoms with van der Waals surface area (Å²) >= 11 is 0. The number of benzene rings is 2. The highest BCUT2D eigenvalue weighted by Crippen LogP contribution is 2.34. The van der Waals surface area contributed by atoms with Crippen LogP contribution in [0.4, 0.5) is 0 Å². The first-order chi connectivity index (χ1) is 25.3. The second-order valence-electron chi connectivity index (χ2n) is 15.8. The number of carbonyl (C=O) groups is 3. The van der Waals surface area contributed by atoms with E-state index >= 15 is 0 Å². The van der Waals surface area contributed by atoms with Crippen molar-refractivity contribution in [3.63, 3.8) is 0 Å². The van der Waals surface area contributed by atoms with E-state index in [0.29, 0.717) is 44.4 Å². The summed E-state index contributed by atoms with van der Waals surface area (Å²) in [6, 6.07) is 13.0. The predicted molar refractivity (Wildman–Crippen MR) is 201 cm³/mol. The number of aromatic nitrogens is 3. The van der Waals surface area contributed by atoms with E-state index in [0.717, 1.165) is 98.4 Å². The maximum atomic E-state index is 14.4. The maximum absolute atomic E-state index is 14.4. The summed E-state index contributed by atoms with van der Waals surface area (Å²) in [7, 11) is 2.02. The number of ketones is 1. The number of hydrogen-bond acceptors (Lipinski definition) is 7. The first-order valence-corrected chi connectivity index (χ1v) is 19.4. The molecule has 0 unspecified atom stereocenters. The molecule has 5 aliphatic rings. The van der Waals surface area contributed by atoms with E-state index < -0.39 is 5.92 Å². The Hall–Kier alpha value is -4.44. The molecule has 8 rings (SSSR count). The van der Waals surface area contributed by atoms with Crippen LogP contribution >= 0.6 is 0 Å². The van der Waals surface area contributed by atoms with Crippen LogP contribution in [0.15, 0.2) is 53.3 Å². The molecule has 0 radical (unpaired) electrons. The smallest absolute Gasteiger partial charge is 0.226 e. The van der Waals surface area contributed by atoms with Crippen LogP contribution in [0.3, 0.4) is 0 Å². The molecule has 52 heavy (non-hydrogen) atoms. The van der Waals surface area contributed by atoms with Crippen molar-refractivity contribution < 1.29 is 14.4 Å². The van der Waals surface area contributed by atoms with Gasteiger partial charge in [-0.25, -0.2) is 0 Å². The van der Waals surface area contributed by atoms with Gasteiger partial charge in [0.05, 0.1) is 12.5 Å². The Morgan fingerprint density at radius 2 is 1.62 bits per heavy atom.